The Hall–Kier alpha value is -2.18. The molecule has 1 N–H and O–H groups in total. The lowest BCUT2D eigenvalue weighted by atomic mass is 10.2. The third kappa shape index (κ3) is 3.48. The van der Waals surface area contributed by atoms with Crippen LogP contribution in [0.3, 0.4) is 0 Å². The van der Waals surface area contributed by atoms with Gasteiger partial charge in [0.05, 0.1) is 10.5 Å². The summed E-state index contributed by atoms with van der Waals surface area (Å²) in [6.07, 6.45) is 0.988. The number of nitrogens with one attached hydrogen (secondary N) is 1. The van der Waals surface area contributed by atoms with Crippen molar-refractivity contribution in [1.29, 1.82) is 0 Å². The van der Waals surface area contributed by atoms with Crippen molar-refractivity contribution in [2.75, 3.05) is 5.32 Å². The molecule has 0 atom stereocenters. The molecule has 0 saturated carbocycles. The summed E-state index contributed by atoms with van der Waals surface area (Å²) in [5.41, 5.74) is 0.928. The predicted molar refractivity (Wildman–Crippen MR) is 80.0 cm³/mol. The highest BCUT2D eigenvalue weighted by Gasteiger charge is 2.17. The molecule has 8 heteroatoms. The maximum Gasteiger partial charge on any atom is 0.288 e. The van der Waals surface area contributed by atoms with E-state index in [2.05, 4.69) is 10.3 Å². The van der Waals surface area contributed by atoms with Crippen LogP contribution in [0, 0.1) is 17.0 Å². The van der Waals surface area contributed by atoms with E-state index in [9.17, 15) is 14.9 Å². The molecular formula is C13H9Cl2N3O3. The highest BCUT2D eigenvalue weighted by Crippen LogP contribution is 2.23. The van der Waals surface area contributed by atoms with Crippen LogP contribution in [0.2, 0.25) is 10.2 Å². The number of rotatable bonds is 3. The van der Waals surface area contributed by atoms with Crippen molar-refractivity contribution in [3.63, 3.8) is 0 Å². The number of aromatic nitrogens is 1. The average Bonchev–Trinajstić information content (AvgIpc) is 2.43. The van der Waals surface area contributed by atoms with E-state index in [4.69, 9.17) is 23.2 Å². The van der Waals surface area contributed by atoms with Gasteiger partial charge in [-0.3, -0.25) is 14.9 Å². The Balaban J connectivity index is 2.29. The molecule has 108 valence electrons. The molecular weight excluding hydrogens is 317 g/mol. The van der Waals surface area contributed by atoms with E-state index in [1.54, 1.807) is 18.2 Å². The first-order valence-corrected chi connectivity index (χ1v) is 6.51. The number of aryl methyl sites for hydroxylation is 1. The number of carbonyl (C=O) groups is 1. The van der Waals surface area contributed by atoms with Crippen molar-refractivity contribution in [1.82, 2.24) is 4.98 Å². The van der Waals surface area contributed by atoms with Crippen LogP contribution in [0.1, 0.15) is 15.9 Å². The number of hydrogen-bond acceptors (Lipinski definition) is 4. The minimum absolute atomic E-state index is 0.0810. The first-order valence-electron chi connectivity index (χ1n) is 5.76. The van der Waals surface area contributed by atoms with Gasteiger partial charge in [0.25, 0.3) is 11.6 Å². The van der Waals surface area contributed by atoms with E-state index in [1.807, 2.05) is 6.92 Å². The van der Waals surface area contributed by atoms with Crippen LogP contribution in [-0.2, 0) is 0 Å². The van der Waals surface area contributed by atoms with Crippen molar-refractivity contribution in [2.45, 2.75) is 6.92 Å². The van der Waals surface area contributed by atoms with Gasteiger partial charge in [-0.25, -0.2) is 4.98 Å². The zero-order valence-electron chi connectivity index (χ0n) is 10.8. The number of amides is 1. The molecule has 2 rings (SSSR count). The number of carbonyl (C=O) groups excluding carboxylic acids is 1. The highest BCUT2D eigenvalue weighted by atomic mass is 35.5. The number of anilines is 1. The van der Waals surface area contributed by atoms with Gasteiger partial charge in [-0.2, -0.15) is 0 Å². The molecule has 1 aromatic heterocycles. The molecule has 6 nitrogen and oxygen atoms in total. The smallest absolute Gasteiger partial charge is 0.288 e. The lowest BCUT2D eigenvalue weighted by Crippen LogP contribution is -2.13. The second-order valence-electron chi connectivity index (χ2n) is 4.21. The number of benzene rings is 1. The van der Waals surface area contributed by atoms with E-state index >= 15 is 0 Å². The minimum Gasteiger partial charge on any atom is -0.322 e. The van der Waals surface area contributed by atoms with Gasteiger partial charge in [-0.05, 0) is 24.6 Å². The number of nitrogens with zero attached hydrogens (tertiary/aromatic N) is 2. The monoisotopic (exact) mass is 325 g/mol. The lowest BCUT2D eigenvalue weighted by molar-refractivity contribution is -0.385. The summed E-state index contributed by atoms with van der Waals surface area (Å²) in [5.74, 6) is -0.601. The molecule has 0 aliphatic heterocycles. The van der Waals surface area contributed by atoms with Gasteiger partial charge in [-0.15, -0.1) is 0 Å². The summed E-state index contributed by atoms with van der Waals surface area (Å²) in [6, 6.07) is 6.05. The van der Waals surface area contributed by atoms with E-state index in [1.165, 1.54) is 0 Å². The van der Waals surface area contributed by atoms with E-state index in [0.29, 0.717) is 10.7 Å². The van der Waals surface area contributed by atoms with Crippen LogP contribution < -0.4 is 5.32 Å². The van der Waals surface area contributed by atoms with Gasteiger partial charge in [-0.1, -0.05) is 29.3 Å². The van der Waals surface area contributed by atoms with Crippen LogP contribution >= 0.6 is 23.2 Å². The quantitative estimate of drug-likeness (QED) is 0.527. The Morgan fingerprint density at radius 3 is 2.67 bits per heavy atom. The van der Waals surface area contributed by atoms with E-state index in [0.717, 1.165) is 17.8 Å². The summed E-state index contributed by atoms with van der Waals surface area (Å²) in [5, 5.41) is 13.6. The molecule has 0 unspecified atom stereocenters. The highest BCUT2D eigenvalue weighted by molar-refractivity contribution is 6.33. The number of nitro groups is 1. The zero-order valence-corrected chi connectivity index (χ0v) is 12.3. The topological polar surface area (TPSA) is 85.1 Å². The molecule has 0 aliphatic carbocycles. The van der Waals surface area contributed by atoms with Gasteiger partial charge in [0.2, 0.25) is 0 Å². The molecule has 0 fully saturated rings. The Kier molecular flexibility index (Phi) is 4.40. The molecule has 1 amide bonds. The normalized spacial score (nSPS) is 10.2. The van der Waals surface area contributed by atoms with Crippen molar-refractivity contribution < 1.29 is 9.72 Å². The van der Waals surface area contributed by atoms with E-state index in [-0.39, 0.29) is 16.4 Å². The molecule has 0 aliphatic rings. The van der Waals surface area contributed by atoms with Crippen LogP contribution in [-0.4, -0.2) is 15.8 Å². The fourth-order valence-corrected chi connectivity index (χ4v) is 1.93. The number of halogens is 2. The van der Waals surface area contributed by atoms with Crippen LogP contribution in [0.5, 0.6) is 0 Å². The molecule has 1 aromatic carbocycles. The fourth-order valence-electron chi connectivity index (χ4n) is 1.57. The summed E-state index contributed by atoms with van der Waals surface area (Å²) in [7, 11) is 0. The Bertz CT molecular complexity index is 735. The maximum atomic E-state index is 12.1. The molecule has 1 heterocycles. The standard InChI is InChI=1S/C13H9Cl2N3O3/c1-7-2-3-8(4-11(7)14)17-13(19)10-5-9(18(20)21)6-16-12(10)15/h2-6H,1H3,(H,17,19). The minimum atomic E-state index is -0.650. The summed E-state index contributed by atoms with van der Waals surface area (Å²) in [6.45, 7) is 1.83. The van der Waals surface area contributed by atoms with Crippen molar-refractivity contribution in [3.05, 3.63) is 61.9 Å². The number of hydrogen-bond donors (Lipinski definition) is 1. The van der Waals surface area contributed by atoms with Gasteiger partial charge >= 0.3 is 0 Å². The largest absolute Gasteiger partial charge is 0.322 e. The summed E-state index contributed by atoms with van der Waals surface area (Å²) >= 11 is 11.8. The van der Waals surface area contributed by atoms with E-state index < -0.39 is 10.8 Å². The van der Waals surface area contributed by atoms with Crippen molar-refractivity contribution >= 4 is 40.5 Å². The molecule has 0 radical (unpaired) electrons. The molecule has 0 bridgehead atoms. The summed E-state index contributed by atoms with van der Waals surface area (Å²) in [4.78, 5) is 25.8. The van der Waals surface area contributed by atoms with Gasteiger partial charge in [0.1, 0.15) is 11.3 Å². The van der Waals surface area contributed by atoms with Gasteiger partial charge in [0, 0.05) is 16.8 Å². The third-order valence-electron chi connectivity index (χ3n) is 2.71. The predicted octanol–water partition coefficient (Wildman–Crippen LogP) is 3.86. The third-order valence-corrected chi connectivity index (χ3v) is 3.42. The van der Waals surface area contributed by atoms with Crippen LogP contribution in [0.4, 0.5) is 11.4 Å². The second-order valence-corrected chi connectivity index (χ2v) is 4.97. The van der Waals surface area contributed by atoms with Gasteiger partial charge in [0.15, 0.2) is 0 Å². The Morgan fingerprint density at radius 1 is 1.33 bits per heavy atom. The molecule has 0 saturated heterocycles. The van der Waals surface area contributed by atoms with Crippen LogP contribution in [0.15, 0.2) is 30.5 Å². The Labute approximate surface area is 129 Å². The molecule has 2 aromatic rings. The first kappa shape index (κ1) is 15.2. The molecule has 0 spiro atoms. The Morgan fingerprint density at radius 2 is 2.05 bits per heavy atom. The summed E-state index contributed by atoms with van der Waals surface area (Å²) < 4.78 is 0. The average molecular weight is 326 g/mol. The van der Waals surface area contributed by atoms with Crippen LogP contribution in [0.25, 0.3) is 0 Å². The SMILES string of the molecule is Cc1ccc(NC(=O)c2cc([N+](=O)[O-])cnc2Cl)cc1Cl. The number of pyridine rings is 1. The lowest BCUT2D eigenvalue weighted by Gasteiger charge is -2.07. The molecule has 21 heavy (non-hydrogen) atoms. The van der Waals surface area contributed by atoms with Gasteiger partial charge < -0.3 is 5.32 Å². The fraction of sp³-hybridized carbons (Fsp3) is 0.0769. The second kappa shape index (κ2) is 6.07. The maximum absolute atomic E-state index is 12.1. The zero-order chi connectivity index (χ0) is 15.6. The van der Waals surface area contributed by atoms with Crippen molar-refractivity contribution in [3.8, 4) is 0 Å². The first-order chi connectivity index (χ1) is 9.88. The van der Waals surface area contributed by atoms with Crippen molar-refractivity contribution in [2.24, 2.45) is 0 Å².